The summed E-state index contributed by atoms with van der Waals surface area (Å²) in [5.74, 6) is 0.249. The first-order chi connectivity index (χ1) is 6.65. The van der Waals surface area contributed by atoms with E-state index in [0.717, 1.165) is 12.8 Å². The summed E-state index contributed by atoms with van der Waals surface area (Å²) in [5.41, 5.74) is 5.02. The average Bonchev–Trinajstić information content (AvgIpc) is 2.88. The van der Waals surface area contributed by atoms with E-state index in [1.807, 2.05) is 6.92 Å². The van der Waals surface area contributed by atoms with Crippen molar-refractivity contribution in [1.29, 1.82) is 0 Å². The van der Waals surface area contributed by atoms with Gasteiger partial charge in [-0.1, -0.05) is 0 Å². The van der Waals surface area contributed by atoms with E-state index in [4.69, 9.17) is 5.73 Å². The molecule has 1 fully saturated rings. The highest BCUT2D eigenvalue weighted by Crippen LogP contribution is 2.32. The second kappa shape index (κ2) is 3.90. The van der Waals surface area contributed by atoms with Crippen molar-refractivity contribution in [3.05, 3.63) is 26.9 Å². The maximum Gasteiger partial charge on any atom is 0.332 e. The van der Waals surface area contributed by atoms with E-state index in [0.29, 0.717) is 6.54 Å². The number of nitrogen functional groups attached to an aromatic ring is 1. The number of rotatable bonds is 2. The van der Waals surface area contributed by atoms with Crippen LogP contribution in [0.15, 0.2) is 15.7 Å². The van der Waals surface area contributed by atoms with Gasteiger partial charge in [-0.25, -0.2) is 4.79 Å². The lowest BCUT2D eigenvalue weighted by Gasteiger charge is -2.09. The van der Waals surface area contributed by atoms with Gasteiger partial charge in [0.1, 0.15) is 5.82 Å². The van der Waals surface area contributed by atoms with Gasteiger partial charge in [0.2, 0.25) is 0 Å². The van der Waals surface area contributed by atoms with Crippen molar-refractivity contribution in [3.63, 3.8) is 0 Å². The molecule has 0 unspecified atom stereocenters. The minimum Gasteiger partial charge on any atom is -0.412 e. The van der Waals surface area contributed by atoms with E-state index in [1.165, 1.54) is 15.2 Å². The minimum absolute atomic E-state index is 0. The molecule has 1 aromatic rings. The Kier molecular flexibility index (Phi) is 2.99. The molecule has 84 valence electrons. The fourth-order valence-electron chi connectivity index (χ4n) is 1.60. The molecule has 1 aliphatic rings. The fourth-order valence-corrected chi connectivity index (χ4v) is 1.60. The van der Waals surface area contributed by atoms with Gasteiger partial charge >= 0.3 is 5.69 Å². The van der Waals surface area contributed by atoms with Crippen LogP contribution in [-0.4, -0.2) is 14.6 Å². The normalized spacial score (nSPS) is 14.7. The molecule has 2 rings (SSSR count). The monoisotopic (exact) mass is 213 g/mol. The zero-order valence-corrected chi connectivity index (χ0v) is 8.56. The quantitative estimate of drug-likeness (QED) is 0.690. The number of nitrogens with two attached hydrogens (primary N) is 1. The number of aromatic nitrogens is 2. The minimum atomic E-state index is -0.278. The molecule has 0 amide bonds. The Hall–Kier alpha value is -1.56. The van der Waals surface area contributed by atoms with E-state index in [1.54, 1.807) is 0 Å². The van der Waals surface area contributed by atoms with Crippen molar-refractivity contribution >= 4 is 5.82 Å². The number of hydrogen-bond acceptors (Lipinski definition) is 3. The molecule has 1 aliphatic carbocycles. The predicted octanol–water partition coefficient (Wildman–Crippen LogP) is -0.878. The van der Waals surface area contributed by atoms with Crippen LogP contribution >= 0.6 is 0 Å². The first-order valence-corrected chi connectivity index (χ1v) is 4.77. The summed E-state index contributed by atoms with van der Waals surface area (Å²) in [5, 5.41) is 0. The molecule has 15 heavy (non-hydrogen) atoms. The van der Waals surface area contributed by atoms with E-state index in [-0.39, 0.29) is 28.6 Å². The first kappa shape index (κ1) is 11.5. The van der Waals surface area contributed by atoms with Gasteiger partial charge in [-0.05, 0) is 19.8 Å². The molecule has 1 saturated carbocycles. The molecule has 6 nitrogen and oxygen atoms in total. The van der Waals surface area contributed by atoms with E-state index < -0.39 is 0 Å². The predicted molar refractivity (Wildman–Crippen MR) is 56.9 cm³/mol. The second-order valence-corrected chi connectivity index (χ2v) is 3.54. The highest BCUT2D eigenvalue weighted by atomic mass is 16.2. The average molecular weight is 213 g/mol. The Labute approximate surface area is 86.3 Å². The van der Waals surface area contributed by atoms with Crippen molar-refractivity contribution < 1.29 is 5.48 Å². The Morgan fingerprint density at radius 1 is 1.47 bits per heavy atom. The van der Waals surface area contributed by atoms with Crippen LogP contribution in [0.3, 0.4) is 0 Å². The Morgan fingerprint density at radius 3 is 2.53 bits per heavy atom. The summed E-state index contributed by atoms with van der Waals surface area (Å²) >= 11 is 0. The molecule has 6 heteroatoms. The fraction of sp³-hybridized carbons (Fsp3) is 0.556. The summed E-state index contributed by atoms with van der Waals surface area (Å²) in [6, 6.07) is 1.43. The zero-order valence-electron chi connectivity index (χ0n) is 8.56. The van der Waals surface area contributed by atoms with Crippen molar-refractivity contribution in [1.82, 2.24) is 9.13 Å². The third-order valence-corrected chi connectivity index (χ3v) is 2.49. The van der Waals surface area contributed by atoms with Crippen molar-refractivity contribution in [3.8, 4) is 0 Å². The molecular formula is C9H15N3O3. The van der Waals surface area contributed by atoms with Crippen LogP contribution in [-0.2, 0) is 6.54 Å². The lowest BCUT2D eigenvalue weighted by atomic mass is 10.5. The Bertz CT molecular complexity index is 470. The molecule has 0 aliphatic heterocycles. The molecule has 0 spiro atoms. The molecule has 1 aromatic heterocycles. The van der Waals surface area contributed by atoms with Crippen LogP contribution in [0.25, 0.3) is 0 Å². The van der Waals surface area contributed by atoms with Gasteiger partial charge in [-0.3, -0.25) is 13.9 Å². The number of nitrogens with zero attached hydrogens (tertiary/aromatic N) is 2. The molecule has 0 atom stereocenters. The van der Waals surface area contributed by atoms with Crippen LogP contribution in [0.2, 0.25) is 0 Å². The van der Waals surface area contributed by atoms with Crippen LogP contribution < -0.4 is 17.0 Å². The molecule has 0 saturated heterocycles. The van der Waals surface area contributed by atoms with Gasteiger partial charge < -0.3 is 11.2 Å². The lowest BCUT2D eigenvalue weighted by Crippen LogP contribution is -2.39. The van der Waals surface area contributed by atoms with Crippen LogP contribution in [0.1, 0.15) is 25.8 Å². The van der Waals surface area contributed by atoms with Gasteiger partial charge in [-0.2, -0.15) is 0 Å². The smallest absolute Gasteiger partial charge is 0.332 e. The van der Waals surface area contributed by atoms with Crippen molar-refractivity contribution in [2.45, 2.75) is 32.4 Å². The Balaban J connectivity index is 0.00000112. The van der Waals surface area contributed by atoms with Gasteiger partial charge in [0.05, 0.1) is 0 Å². The largest absolute Gasteiger partial charge is 0.412 e. The maximum absolute atomic E-state index is 11.8. The summed E-state index contributed by atoms with van der Waals surface area (Å²) < 4.78 is 2.72. The highest BCUT2D eigenvalue weighted by molar-refractivity contribution is 5.26. The van der Waals surface area contributed by atoms with E-state index in [9.17, 15) is 9.59 Å². The van der Waals surface area contributed by atoms with Gasteiger partial charge in [0, 0.05) is 18.7 Å². The molecular weight excluding hydrogens is 198 g/mol. The van der Waals surface area contributed by atoms with Crippen LogP contribution in [0.4, 0.5) is 5.82 Å². The number of anilines is 1. The summed E-state index contributed by atoms with van der Waals surface area (Å²) in [6.07, 6.45) is 1.84. The summed E-state index contributed by atoms with van der Waals surface area (Å²) in [6.45, 7) is 2.33. The molecule has 0 bridgehead atoms. The Morgan fingerprint density at radius 2 is 2.07 bits per heavy atom. The highest BCUT2D eigenvalue weighted by Gasteiger charge is 2.27. The topological polar surface area (TPSA) is 102 Å². The third-order valence-electron chi connectivity index (χ3n) is 2.49. The maximum atomic E-state index is 11.8. The number of hydrogen-bond donors (Lipinski definition) is 1. The summed E-state index contributed by atoms with van der Waals surface area (Å²) in [4.78, 5) is 23.2. The zero-order chi connectivity index (χ0) is 10.3. The van der Waals surface area contributed by atoms with Gasteiger partial charge in [0.25, 0.3) is 5.56 Å². The molecule has 0 aromatic carbocycles. The van der Waals surface area contributed by atoms with Crippen molar-refractivity contribution in [2.75, 3.05) is 5.73 Å². The van der Waals surface area contributed by atoms with E-state index >= 15 is 0 Å². The molecule has 1 heterocycles. The molecule has 4 N–H and O–H groups in total. The SMILES string of the molecule is CCn1c(N)cc(=O)n(C2CC2)c1=O.O. The van der Waals surface area contributed by atoms with Crippen LogP contribution in [0, 0.1) is 0 Å². The van der Waals surface area contributed by atoms with Crippen molar-refractivity contribution in [2.24, 2.45) is 0 Å². The second-order valence-electron chi connectivity index (χ2n) is 3.54. The third kappa shape index (κ3) is 1.80. The van der Waals surface area contributed by atoms with Gasteiger partial charge in [-0.15, -0.1) is 0 Å². The van der Waals surface area contributed by atoms with E-state index in [2.05, 4.69) is 0 Å². The standard InChI is InChI=1S/C9H13N3O2.H2O/c1-2-11-7(10)5-8(13)12(9(11)14)6-3-4-6;/h5-6H,2-4,10H2,1H3;1H2. The summed E-state index contributed by atoms with van der Waals surface area (Å²) in [7, 11) is 0. The lowest BCUT2D eigenvalue weighted by molar-refractivity contribution is 0.584. The molecule has 0 radical (unpaired) electrons. The van der Waals surface area contributed by atoms with Crippen LogP contribution in [0.5, 0.6) is 0 Å². The first-order valence-electron chi connectivity index (χ1n) is 4.77. The van der Waals surface area contributed by atoms with Gasteiger partial charge in [0.15, 0.2) is 0 Å².